The number of carbonyl (C=O) groups is 1. The summed E-state index contributed by atoms with van der Waals surface area (Å²) in [5, 5.41) is 2.58. The number of hydrogen-bond acceptors (Lipinski definition) is 2. The number of hydrogen-bond donors (Lipinski definition) is 1. The van der Waals surface area contributed by atoms with E-state index in [1.54, 1.807) is 7.11 Å². The van der Waals surface area contributed by atoms with Crippen LogP contribution in [0.3, 0.4) is 0 Å². The molecule has 0 unspecified atom stereocenters. The SMILES string of the molecule is COC1(NC=O)CC1. The predicted molar refractivity (Wildman–Crippen MR) is 28.2 cm³/mol. The van der Waals surface area contributed by atoms with Gasteiger partial charge in [-0.05, 0) is 12.8 Å². The van der Waals surface area contributed by atoms with E-state index < -0.39 is 0 Å². The molecule has 8 heavy (non-hydrogen) atoms. The lowest BCUT2D eigenvalue weighted by Crippen LogP contribution is -2.31. The van der Waals surface area contributed by atoms with E-state index in [1.807, 2.05) is 0 Å². The van der Waals surface area contributed by atoms with Crippen molar-refractivity contribution >= 4 is 6.41 Å². The smallest absolute Gasteiger partial charge is 0.209 e. The number of amides is 1. The molecular formula is C5H9NO2. The van der Waals surface area contributed by atoms with Gasteiger partial charge >= 0.3 is 0 Å². The van der Waals surface area contributed by atoms with Crippen molar-refractivity contribution in [1.29, 1.82) is 0 Å². The number of ether oxygens (including phenoxy) is 1. The third kappa shape index (κ3) is 0.816. The Morgan fingerprint density at radius 2 is 2.38 bits per heavy atom. The van der Waals surface area contributed by atoms with Crippen molar-refractivity contribution in [2.75, 3.05) is 7.11 Å². The van der Waals surface area contributed by atoms with Crippen LogP contribution in [0.2, 0.25) is 0 Å². The summed E-state index contributed by atoms with van der Waals surface area (Å²) < 4.78 is 4.95. The summed E-state index contributed by atoms with van der Waals surface area (Å²) in [6.07, 6.45) is 2.57. The monoisotopic (exact) mass is 115 g/mol. The van der Waals surface area contributed by atoms with E-state index in [0.717, 1.165) is 12.8 Å². The van der Waals surface area contributed by atoms with Gasteiger partial charge in [0.05, 0.1) is 0 Å². The molecule has 0 radical (unpaired) electrons. The first-order valence-corrected chi connectivity index (χ1v) is 2.59. The van der Waals surface area contributed by atoms with Gasteiger partial charge in [0.15, 0.2) is 0 Å². The highest BCUT2D eigenvalue weighted by Crippen LogP contribution is 2.34. The van der Waals surface area contributed by atoms with Crippen molar-refractivity contribution < 1.29 is 9.53 Å². The van der Waals surface area contributed by atoms with Crippen LogP contribution >= 0.6 is 0 Å². The van der Waals surface area contributed by atoms with E-state index in [-0.39, 0.29) is 5.72 Å². The Morgan fingerprint density at radius 3 is 2.50 bits per heavy atom. The maximum absolute atomic E-state index is 9.83. The third-order valence-corrected chi connectivity index (χ3v) is 1.42. The molecule has 3 nitrogen and oxygen atoms in total. The second-order valence-corrected chi connectivity index (χ2v) is 1.96. The van der Waals surface area contributed by atoms with Gasteiger partial charge in [-0.15, -0.1) is 0 Å². The molecular weight excluding hydrogens is 106 g/mol. The van der Waals surface area contributed by atoms with Gasteiger partial charge in [0.25, 0.3) is 0 Å². The zero-order valence-electron chi connectivity index (χ0n) is 4.81. The molecule has 1 aliphatic carbocycles. The molecule has 0 aromatic carbocycles. The Bertz CT molecular complexity index is 98.6. The van der Waals surface area contributed by atoms with Crippen LogP contribution < -0.4 is 5.32 Å². The summed E-state index contributed by atoms with van der Waals surface area (Å²) in [5.41, 5.74) is -0.276. The van der Waals surface area contributed by atoms with E-state index in [9.17, 15) is 4.79 Å². The highest BCUT2D eigenvalue weighted by Gasteiger charge is 2.42. The molecule has 1 aliphatic rings. The lowest BCUT2D eigenvalue weighted by molar-refractivity contribution is -0.113. The first-order chi connectivity index (χ1) is 3.83. The lowest BCUT2D eigenvalue weighted by atomic mass is 10.6. The van der Waals surface area contributed by atoms with Crippen molar-refractivity contribution in [3.05, 3.63) is 0 Å². The van der Waals surface area contributed by atoms with Crippen LogP contribution in [0.15, 0.2) is 0 Å². The van der Waals surface area contributed by atoms with Crippen molar-refractivity contribution in [2.24, 2.45) is 0 Å². The molecule has 0 heterocycles. The highest BCUT2D eigenvalue weighted by molar-refractivity contribution is 5.48. The van der Waals surface area contributed by atoms with Crippen molar-refractivity contribution in [2.45, 2.75) is 18.6 Å². The van der Waals surface area contributed by atoms with Gasteiger partial charge in [-0.1, -0.05) is 0 Å². The summed E-state index contributed by atoms with van der Waals surface area (Å²) in [6, 6.07) is 0. The first-order valence-electron chi connectivity index (χ1n) is 2.59. The number of rotatable bonds is 3. The number of methoxy groups -OCH3 is 1. The normalized spacial score (nSPS) is 22.1. The fourth-order valence-corrected chi connectivity index (χ4v) is 0.628. The minimum absolute atomic E-state index is 0.276. The van der Waals surface area contributed by atoms with Gasteiger partial charge in [0.1, 0.15) is 5.72 Å². The molecule has 1 N–H and O–H groups in total. The van der Waals surface area contributed by atoms with Crippen LogP contribution in [0, 0.1) is 0 Å². The Balaban J connectivity index is 2.29. The molecule has 46 valence electrons. The quantitative estimate of drug-likeness (QED) is 0.411. The van der Waals surface area contributed by atoms with Gasteiger partial charge < -0.3 is 10.1 Å². The Labute approximate surface area is 48.0 Å². The molecule has 0 aromatic heterocycles. The molecule has 1 fully saturated rings. The topological polar surface area (TPSA) is 38.3 Å². The minimum Gasteiger partial charge on any atom is -0.359 e. The number of carbonyl (C=O) groups excluding carboxylic acids is 1. The van der Waals surface area contributed by atoms with Crippen LogP contribution in [-0.4, -0.2) is 19.2 Å². The van der Waals surface area contributed by atoms with E-state index in [4.69, 9.17) is 4.74 Å². The number of nitrogens with one attached hydrogen (secondary N) is 1. The molecule has 0 bridgehead atoms. The van der Waals surface area contributed by atoms with E-state index in [2.05, 4.69) is 5.32 Å². The zero-order valence-corrected chi connectivity index (χ0v) is 4.81. The second kappa shape index (κ2) is 1.74. The molecule has 0 aromatic rings. The fourth-order valence-electron chi connectivity index (χ4n) is 0.628. The molecule has 0 saturated heterocycles. The van der Waals surface area contributed by atoms with Gasteiger partial charge in [0, 0.05) is 7.11 Å². The van der Waals surface area contributed by atoms with Gasteiger partial charge in [-0.25, -0.2) is 0 Å². The summed E-state index contributed by atoms with van der Waals surface area (Å²) in [6.45, 7) is 0. The van der Waals surface area contributed by atoms with Crippen LogP contribution in [0.25, 0.3) is 0 Å². The van der Waals surface area contributed by atoms with Crippen LogP contribution in [-0.2, 0) is 9.53 Å². The molecule has 0 atom stereocenters. The maximum Gasteiger partial charge on any atom is 0.209 e. The Morgan fingerprint density at radius 1 is 1.75 bits per heavy atom. The fraction of sp³-hybridized carbons (Fsp3) is 0.800. The van der Waals surface area contributed by atoms with E-state index >= 15 is 0 Å². The van der Waals surface area contributed by atoms with Gasteiger partial charge in [-0.2, -0.15) is 0 Å². The standard InChI is InChI=1S/C5H9NO2/c1-8-5(2-3-5)6-4-7/h4H,2-3H2,1H3,(H,6,7). The molecule has 1 saturated carbocycles. The highest BCUT2D eigenvalue weighted by atomic mass is 16.5. The Hall–Kier alpha value is -0.570. The largest absolute Gasteiger partial charge is 0.359 e. The molecule has 0 spiro atoms. The van der Waals surface area contributed by atoms with Crippen LogP contribution in [0.5, 0.6) is 0 Å². The first kappa shape index (κ1) is 5.56. The average Bonchev–Trinajstić information content (AvgIpc) is 2.50. The van der Waals surface area contributed by atoms with Crippen LogP contribution in [0.1, 0.15) is 12.8 Å². The van der Waals surface area contributed by atoms with Crippen molar-refractivity contribution in [1.82, 2.24) is 5.32 Å². The third-order valence-electron chi connectivity index (χ3n) is 1.42. The Kier molecular flexibility index (Phi) is 1.21. The summed E-state index contributed by atoms with van der Waals surface area (Å²) in [4.78, 5) is 9.83. The minimum atomic E-state index is -0.276. The van der Waals surface area contributed by atoms with Crippen molar-refractivity contribution in [3.63, 3.8) is 0 Å². The molecule has 3 heteroatoms. The van der Waals surface area contributed by atoms with Crippen molar-refractivity contribution in [3.8, 4) is 0 Å². The average molecular weight is 115 g/mol. The van der Waals surface area contributed by atoms with E-state index in [0.29, 0.717) is 6.41 Å². The lowest BCUT2D eigenvalue weighted by Gasteiger charge is -2.09. The van der Waals surface area contributed by atoms with Gasteiger partial charge in [0.2, 0.25) is 6.41 Å². The predicted octanol–water partition coefficient (Wildman–Crippen LogP) is -0.131. The maximum atomic E-state index is 9.83. The molecule has 0 aliphatic heterocycles. The second-order valence-electron chi connectivity index (χ2n) is 1.96. The summed E-state index contributed by atoms with van der Waals surface area (Å²) in [5.74, 6) is 0. The summed E-state index contributed by atoms with van der Waals surface area (Å²) in [7, 11) is 1.60. The molecule has 1 amide bonds. The summed E-state index contributed by atoms with van der Waals surface area (Å²) >= 11 is 0. The van der Waals surface area contributed by atoms with Crippen LogP contribution in [0.4, 0.5) is 0 Å². The molecule has 1 rings (SSSR count). The zero-order chi connectivity index (χ0) is 6.04. The van der Waals surface area contributed by atoms with E-state index in [1.165, 1.54) is 0 Å². The van der Waals surface area contributed by atoms with Gasteiger partial charge in [-0.3, -0.25) is 4.79 Å².